The molecule has 0 aliphatic heterocycles. The normalized spacial score (nSPS) is 11.1. The van der Waals surface area contributed by atoms with Gasteiger partial charge in [-0.25, -0.2) is 4.79 Å². The summed E-state index contributed by atoms with van der Waals surface area (Å²) >= 11 is 3.01. The largest absolute Gasteiger partial charge is 0.506 e. The second kappa shape index (κ2) is 3.60. The zero-order valence-electron chi connectivity index (χ0n) is 8.61. The summed E-state index contributed by atoms with van der Waals surface area (Å²) in [6, 6.07) is 11.2. The molecule has 0 atom stereocenters. The van der Waals surface area contributed by atoms with Gasteiger partial charge in [0.1, 0.15) is 15.8 Å². The van der Waals surface area contributed by atoms with Gasteiger partial charge in [-0.15, -0.1) is 0 Å². The van der Waals surface area contributed by atoms with Crippen molar-refractivity contribution < 1.29 is 9.52 Å². The summed E-state index contributed by atoms with van der Waals surface area (Å²) in [5, 5.41) is 12.2. The molecule has 0 fully saturated rings. The zero-order chi connectivity index (χ0) is 12.0. The maximum atomic E-state index is 11.5. The summed E-state index contributed by atoms with van der Waals surface area (Å²) in [6.07, 6.45) is 0. The first-order valence-electron chi connectivity index (χ1n) is 5.01. The minimum absolute atomic E-state index is 0.0558. The maximum absolute atomic E-state index is 11.5. The van der Waals surface area contributed by atoms with E-state index in [0.717, 1.165) is 10.8 Å². The van der Waals surface area contributed by atoms with Crippen LogP contribution in [0.2, 0.25) is 0 Å². The fraction of sp³-hybridized carbons (Fsp3) is 0. The summed E-state index contributed by atoms with van der Waals surface area (Å²) in [6.45, 7) is 0. The van der Waals surface area contributed by atoms with Crippen molar-refractivity contribution in [2.45, 2.75) is 0 Å². The van der Waals surface area contributed by atoms with Crippen LogP contribution in [0.1, 0.15) is 0 Å². The van der Waals surface area contributed by atoms with Crippen LogP contribution in [0, 0.1) is 0 Å². The number of fused-ring (bicyclic) bond motifs is 3. The summed E-state index contributed by atoms with van der Waals surface area (Å²) in [5.74, 6) is -0.0815. The van der Waals surface area contributed by atoms with Gasteiger partial charge in [0.25, 0.3) is 0 Å². The van der Waals surface area contributed by atoms with Crippen molar-refractivity contribution in [1.29, 1.82) is 0 Å². The number of aromatic hydroxyl groups is 1. The summed E-state index contributed by atoms with van der Waals surface area (Å²) < 4.78 is 5.28. The maximum Gasteiger partial charge on any atom is 0.354 e. The fourth-order valence-corrected chi connectivity index (χ4v) is 2.19. The highest BCUT2D eigenvalue weighted by Gasteiger charge is 2.13. The van der Waals surface area contributed by atoms with Gasteiger partial charge in [-0.1, -0.05) is 30.3 Å². The standard InChI is InChI=1S/C13H7BrO3/c14-10-11(15)9-6-5-7-3-1-2-4-8(7)12(9)17-13(10)16/h1-6,15H. The van der Waals surface area contributed by atoms with Crippen LogP contribution in [0.3, 0.4) is 0 Å². The molecule has 1 heterocycles. The molecular weight excluding hydrogens is 284 g/mol. The van der Waals surface area contributed by atoms with Crippen molar-refractivity contribution >= 4 is 37.7 Å². The topological polar surface area (TPSA) is 50.4 Å². The Labute approximate surface area is 104 Å². The van der Waals surface area contributed by atoms with Crippen LogP contribution in [0.15, 0.2) is 50.1 Å². The molecule has 4 heteroatoms. The first-order valence-corrected chi connectivity index (χ1v) is 5.81. The third kappa shape index (κ3) is 1.45. The Morgan fingerprint density at radius 2 is 1.82 bits per heavy atom. The van der Waals surface area contributed by atoms with Gasteiger partial charge >= 0.3 is 5.63 Å². The van der Waals surface area contributed by atoms with Crippen LogP contribution >= 0.6 is 15.9 Å². The molecule has 1 N–H and O–H groups in total. The van der Waals surface area contributed by atoms with Gasteiger partial charge in [0, 0.05) is 5.39 Å². The lowest BCUT2D eigenvalue weighted by atomic mass is 10.1. The van der Waals surface area contributed by atoms with E-state index >= 15 is 0 Å². The van der Waals surface area contributed by atoms with Gasteiger partial charge in [0.15, 0.2) is 0 Å². The van der Waals surface area contributed by atoms with Gasteiger partial charge in [0.2, 0.25) is 0 Å². The molecule has 17 heavy (non-hydrogen) atoms. The van der Waals surface area contributed by atoms with E-state index in [1.54, 1.807) is 6.07 Å². The Balaban J connectivity index is 2.64. The Morgan fingerprint density at radius 1 is 1.06 bits per heavy atom. The van der Waals surface area contributed by atoms with Crippen molar-refractivity contribution in [2.24, 2.45) is 0 Å². The average Bonchev–Trinajstić information content (AvgIpc) is 2.36. The molecule has 0 unspecified atom stereocenters. The van der Waals surface area contributed by atoms with Crippen LogP contribution in [0.25, 0.3) is 21.7 Å². The van der Waals surface area contributed by atoms with E-state index in [0.29, 0.717) is 11.0 Å². The second-order valence-electron chi connectivity index (χ2n) is 3.72. The van der Waals surface area contributed by atoms with E-state index in [-0.39, 0.29) is 10.2 Å². The molecule has 0 aliphatic rings. The lowest BCUT2D eigenvalue weighted by Gasteiger charge is -2.04. The minimum Gasteiger partial charge on any atom is -0.506 e. The number of hydrogen-bond acceptors (Lipinski definition) is 3. The third-order valence-electron chi connectivity index (χ3n) is 2.72. The molecule has 0 amide bonds. The predicted molar refractivity (Wildman–Crippen MR) is 69.4 cm³/mol. The van der Waals surface area contributed by atoms with E-state index in [1.807, 2.05) is 30.3 Å². The van der Waals surface area contributed by atoms with Gasteiger partial charge < -0.3 is 9.52 Å². The molecule has 1 aromatic heterocycles. The van der Waals surface area contributed by atoms with Crippen LogP contribution in [0.4, 0.5) is 0 Å². The van der Waals surface area contributed by atoms with E-state index in [2.05, 4.69) is 15.9 Å². The average molecular weight is 291 g/mol. The van der Waals surface area contributed by atoms with E-state index < -0.39 is 5.63 Å². The quantitative estimate of drug-likeness (QED) is 0.510. The van der Waals surface area contributed by atoms with E-state index in [9.17, 15) is 9.90 Å². The zero-order valence-corrected chi connectivity index (χ0v) is 10.2. The van der Waals surface area contributed by atoms with Crippen LogP contribution in [-0.4, -0.2) is 5.11 Å². The highest BCUT2D eigenvalue weighted by molar-refractivity contribution is 9.10. The molecule has 2 aromatic carbocycles. The van der Waals surface area contributed by atoms with Crippen LogP contribution in [-0.2, 0) is 0 Å². The van der Waals surface area contributed by atoms with Crippen molar-refractivity contribution in [1.82, 2.24) is 0 Å². The molecule has 3 aromatic rings. The molecule has 3 rings (SSSR count). The Hall–Kier alpha value is -1.81. The number of hydrogen-bond donors (Lipinski definition) is 1. The van der Waals surface area contributed by atoms with Crippen molar-refractivity contribution in [3.05, 3.63) is 51.3 Å². The Morgan fingerprint density at radius 3 is 2.65 bits per heavy atom. The molecule has 0 aliphatic carbocycles. The first kappa shape index (κ1) is 10.4. The Kier molecular flexibility index (Phi) is 2.19. The molecule has 0 spiro atoms. The SMILES string of the molecule is O=c1oc2c(ccc3ccccc32)c(O)c1Br. The minimum atomic E-state index is -0.577. The number of benzene rings is 2. The van der Waals surface area contributed by atoms with Gasteiger partial charge in [-0.05, 0) is 27.4 Å². The van der Waals surface area contributed by atoms with Crippen molar-refractivity contribution in [2.75, 3.05) is 0 Å². The molecule has 0 saturated heterocycles. The fourth-order valence-electron chi connectivity index (χ4n) is 1.89. The van der Waals surface area contributed by atoms with Gasteiger partial charge in [-0.2, -0.15) is 0 Å². The Bertz CT molecular complexity index is 790. The highest BCUT2D eigenvalue weighted by Crippen LogP contribution is 2.33. The highest BCUT2D eigenvalue weighted by atomic mass is 79.9. The first-order chi connectivity index (χ1) is 8.18. The second-order valence-corrected chi connectivity index (χ2v) is 4.51. The van der Waals surface area contributed by atoms with Gasteiger partial charge in [-0.3, -0.25) is 0 Å². The van der Waals surface area contributed by atoms with E-state index in [1.165, 1.54) is 0 Å². The summed E-state index contributed by atoms with van der Waals surface area (Å²) in [5.41, 5.74) is -0.167. The molecule has 84 valence electrons. The van der Waals surface area contributed by atoms with Gasteiger partial charge in [0.05, 0.1) is 5.39 Å². The third-order valence-corrected chi connectivity index (χ3v) is 3.42. The summed E-state index contributed by atoms with van der Waals surface area (Å²) in [4.78, 5) is 11.5. The molecule has 3 nitrogen and oxygen atoms in total. The number of rotatable bonds is 0. The summed E-state index contributed by atoms with van der Waals surface area (Å²) in [7, 11) is 0. The lowest BCUT2D eigenvalue weighted by molar-refractivity contribution is 0.463. The number of halogens is 1. The van der Waals surface area contributed by atoms with E-state index in [4.69, 9.17) is 4.42 Å². The van der Waals surface area contributed by atoms with Crippen molar-refractivity contribution in [3.63, 3.8) is 0 Å². The molecule has 0 bridgehead atoms. The predicted octanol–water partition coefficient (Wildman–Crippen LogP) is 3.41. The monoisotopic (exact) mass is 290 g/mol. The molecular formula is C13H7BrO3. The lowest BCUT2D eigenvalue weighted by Crippen LogP contribution is -1.99. The van der Waals surface area contributed by atoms with Crippen LogP contribution < -0.4 is 5.63 Å². The van der Waals surface area contributed by atoms with Crippen LogP contribution in [0.5, 0.6) is 5.75 Å². The molecule has 0 saturated carbocycles. The molecule has 0 radical (unpaired) electrons. The van der Waals surface area contributed by atoms with Crippen molar-refractivity contribution in [3.8, 4) is 5.75 Å². The smallest absolute Gasteiger partial charge is 0.354 e.